The van der Waals surface area contributed by atoms with Crippen molar-refractivity contribution < 1.29 is 24.6 Å². The van der Waals surface area contributed by atoms with Crippen LogP contribution in [0.2, 0.25) is 0 Å². The van der Waals surface area contributed by atoms with Crippen LogP contribution in [0.1, 0.15) is 57.0 Å². The molecule has 2 aromatic carbocycles. The molecule has 1 fully saturated rings. The zero-order valence-corrected chi connectivity index (χ0v) is 13.7. The molecule has 0 radical (unpaired) electrons. The zero-order valence-electron chi connectivity index (χ0n) is 13.7. The molecule has 0 heterocycles. The largest absolute Gasteiger partial charge is 0.478 e. The summed E-state index contributed by atoms with van der Waals surface area (Å²) < 4.78 is 0. The van der Waals surface area contributed by atoms with Gasteiger partial charge in [0.25, 0.3) is 0 Å². The first kappa shape index (κ1) is 16.9. The highest BCUT2D eigenvalue weighted by Crippen LogP contribution is 2.53. The number of ketones is 1. The Balaban J connectivity index is 1.90. The van der Waals surface area contributed by atoms with Gasteiger partial charge in [-0.1, -0.05) is 24.3 Å². The van der Waals surface area contributed by atoms with E-state index in [-0.39, 0.29) is 34.7 Å². The third-order valence-electron chi connectivity index (χ3n) is 5.03. The Morgan fingerprint density at radius 1 is 0.800 bits per heavy atom. The van der Waals surface area contributed by atoms with E-state index >= 15 is 0 Å². The van der Waals surface area contributed by atoms with Gasteiger partial charge in [0.2, 0.25) is 0 Å². The van der Waals surface area contributed by atoms with Crippen LogP contribution < -0.4 is 0 Å². The Labute approximate surface area is 144 Å². The van der Waals surface area contributed by atoms with Crippen molar-refractivity contribution in [1.29, 1.82) is 0 Å². The summed E-state index contributed by atoms with van der Waals surface area (Å²) in [5.41, 5.74) is 2.37. The third-order valence-corrected chi connectivity index (χ3v) is 5.03. The van der Waals surface area contributed by atoms with Gasteiger partial charge in [0.1, 0.15) is 5.78 Å². The minimum atomic E-state index is -0.982. The van der Waals surface area contributed by atoms with Crippen LogP contribution in [0.5, 0.6) is 0 Å². The van der Waals surface area contributed by atoms with E-state index in [4.69, 9.17) is 10.2 Å². The van der Waals surface area contributed by atoms with Crippen LogP contribution in [0.3, 0.4) is 0 Å². The molecule has 0 aromatic heterocycles. The molecule has 2 N–H and O–H groups in total. The van der Waals surface area contributed by atoms with Gasteiger partial charge in [-0.05, 0) is 54.7 Å². The van der Waals surface area contributed by atoms with Crippen molar-refractivity contribution in [1.82, 2.24) is 0 Å². The lowest BCUT2D eigenvalue weighted by Gasteiger charge is -2.44. The molecule has 0 bridgehead atoms. The van der Waals surface area contributed by atoms with E-state index in [1.54, 1.807) is 55.5 Å². The van der Waals surface area contributed by atoms with E-state index in [0.29, 0.717) is 6.42 Å². The van der Waals surface area contributed by atoms with E-state index in [2.05, 4.69) is 0 Å². The minimum absolute atomic E-state index is 0.0176. The van der Waals surface area contributed by atoms with Crippen LogP contribution in [0.15, 0.2) is 48.5 Å². The first-order valence-corrected chi connectivity index (χ1v) is 8.05. The van der Waals surface area contributed by atoms with Crippen molar-refractivity contribution in [3.05, 3.63) is 70.8 Å². The highest BCUT2D eigenvalue weighted by Gasteiger charge is 2.44. The molecule has 0 saturated heterocycles. The van der Waals surface area contributed by atoms with Crippen LogP contribution >= 0.6 is 0 Å². The Kier molecular flexibility index (Phi) is 4.40. The van der Waals surface area contributed by atoms with E-state index in [0.717, 1.165) is 11.1 Å². The predicted molar refractivity (Wildman–Crippen MR) is 91.1 cm³/mol. The molecule has 5 heteroatoms. The number of rotatable bonds is 5. The average Bonchev–Trinajstić information content (AvgIpc) is 2.54. The summed E-state index contributed by atoms with van der Waals surface area (Å²) in [6.07, 6.45) is 0.715. The number of hydrogen-bond acceptors (Lipinski definition) is 3. The van der Waals surface area contributed by atoms with Gasteiger partial charge in [-0.2, -0.15) is 0 Å². The lowest BCUT2D eigenvalue weighted by Crippen LogP contribution is -2.37. The standard InChI is InChI=1S/C20H18O5/c1-11(21)16-10-17(12-2-6-14(7-3-12)19(22)23)18(16)13-4-8-15(9-5-13)20(24)25/h2-9,16-18H,10H2,1H3,(H,22,23)(H,24,25)/t16?,17?,18-/m1/s1. The van der Waals surface area contributed by atoms with Crippen LogP contribution in [-0.2, 0) is 4.79 Å². The summed E-state index contributed by atoms with van der Waals surface area (Å²) in [7, 11) is 0. The Bertz CT molecular complexity index is 820. The number of benzene rings is 2. The maximum absolute atomic E-state index is 11.9. The number of aromatic carboxylic acids is 2. The smallest absolute Gasteiger partial charge is 0.335 e. The van der Waals surface area contributed by atoms with E-state index in [9.17, 15) is 14.4 Å². The molecule has 1 aliphatic carbocycles. The number of carbonyl (C=O) groups excluding carboxylic acids is 1. The van der Waals surface area contributed by atoms with E-state index in [1.165, 1.54) is 0 Å². The van der Waals surface area contributed by atoms with Gasteiger partial charge in [-0.25, -0.2) is 9.59 Å². The van der Waals surface area contributed by atoms with Gasteiger partial charge in [0, 0.05) is 11.8 Å². The Morgan fingerprint density at radius 3 is 1.64 bits per heavy atom. The molecule has 5 nitrogen and oxygen atoms in total. The molecule has 128 valence electrons. The second-order valence-corrected chi connectivity index (χ2v) is 6.44. The fraction of sp³-hybridized carbons (Fsp3) is 0.250. The lowest BCUT2D eigenvalue weighted by molar-refractivity contribution is -0.124. The zero-order chi connectivity index (χ0) is 18.1. The minimum Gasteiger partial charge on any atom is -0.478 e. The molecular weight excluding hydrogens is 320 g/mol. The molecule has 1 saturated carbocycles. The van der Waals surface area contributed by atoms with Crippen molar-refractivity contribution >= 4 is 17.7 Å². The van der Waals surface area contributed by atoms with Crippen LogP contribution in [0, 0.1) is 5.92 Å². The van der Waals surface area contributed by atoms with Gasteiger partial charge in [0.15, 0.2) is 0 Å². The Morgan fingerprint density at radius 2 is 1.24 bits per heavy atom. The quantitative estimate of drug-likeness (QED) is 0.870. The van der Waals surface area contributed by atoms with Gasteiger partial charge in [-0.15, -0.1) is 0 Å². The van der Waals surface area contributed by atoms with Gasteiger partial charge >= 0.3 is 11.9 Å². The predicted octanol–water partition coefficient (Wildman–Crippen LogP) is 3.56. The number of hydrogen-bond donors (Lipinski definition) is 2. The molecule has 3 atom stereocenters. The maximum Gasteiger partial charge on any atom is 0.335 e. The highest BCUT2D eigenvalue weighted by atomic mass is 16.4. The number of carboxylic acid groups (broad SMARTS) is 2. The average molecular weight is 338 g/mol. The van der Waals surface area contributed by atoms with Gasteiger partial charge in [-0.3, -0.25) is 4.79 Å². The SMILES string of the molecule is CC(=O)C1CC(c2ccc(C(=O)O)cc2)[C@@H]1c1ccc(C(=O)O)cc1. The Hall–Kier alpha value is -2.95. The van der Waals surface area contributed by atoms with E-state index in [1.807, 2.05) is 0 Å². The first-order chi connectivity index (χ1) is 11.9. The van der Waals surface area contributed by atoms with Crippen molar-refractivity contribution in [2.24, 2.45) is 5.92 Å². The van der Waals surface area contributed by atoms with Crippen LogP contribution in [-0.4, -0.2) is 27.9 Å². The lowest BCUT2D eigenvalue weighted by atomic mass is 9.58. The molecule has 25 heavy (non-hydrogen) atoms. The first-order valence-electron chi connectivity index (χ1n) is 8.05. The number of carbonyl (C=O) groups is 3. The van der Waals surface area contributed by atoms with Crippen LogP contribution in [0.4, 0.5) is 0 Å². The fourth-order valence-electron chi connectivity index (χ4n) is 3.60. The summed E-state index contributed by atoms with van der Waals surface area (Å²) in [4.78, 5) is 33.9. The van der Waals surface area contributed by atoms with Gasteiger partial charge in [0.05, 0.1) is 11.1 Å². The third kappa shape index (κ3) is 3.18. The molecule has 3 rings (SSSR count). The molecule has 1 aliphatic rings. The summed E-state index contributed by atoms with van der Waals surface area (Å²) in [5, 5.41) is 18.0. The summed E-state index contributed by atoms with van der Waals surface area (Å²) >= 11 is 0. The fourth-order valence-corrected chi connectivity index (χ4v) is 3.60. The van der Waals surface area contributed by atoms with Crippen LogP contribution in [0.25, 0.3) is 0 Å². The van der Waals surface area contributed by atoms with Crippen molar-refractivity contribution in [3.8, 4) is 0 Å². The summed E-state index contributed by atoms with van der Waals surface area (Å²) in [6.45, 7) is 1.58. The molecule has 2 aromatic rings. The van der Waals surface area contributed by atoms with E-state index < -0.39 is 11.9 Å². The number of Topliss-reactive ketones (excluding diaryl/α,β-unsaturated/α-hetero) is 1. The number of carboxylic acids is 2. The molecule has 0 spiro atoms. The topological polar surface area (TPSA) is 91.7 Å². The monoisotopic (exact) mass is 338 g/mol. The summed E-state index contributed by atoms with van der Waals surface area (Å²) in [5.74, 6) is -1.83. The second kappa shape index (κ2) is 6.51. The second-order valence-electron chi connectivity index (χ2n) is 6.44. The summed E-state index contributed by atoms with van der Waals surface area (Å²) in [6, 6.07) is 13.4. The molecular formula is C20H18O5. The molecule has 0 aliphatic heterocycles. The van der Waals surface area contributed by atoms with Gasteiger partial charge < -0.3 is 10.2 Å². The van der Waals surface area contributed by atoms with Crippen molar-refractivity contribution in [2.75, 3.05) is 0 Å². The van der Waals surface area contributed by atoms with Crippen molar-refractivity contribution in [3.63, 3.8) is 0 Å². The van der Waals surface area contributed by atoms with Crippen molar-refractivity contribution in [2.45, 2.75) is 25.2 Å². The normalized spacial score (nSPS) is 22.0. The molecule has 2 unspecified atom stereocenters. The molecule has 0 amide bonds. The maximum atomic E-state index is 11.9. The highest BCUT2D eigenvalue weighted by molar-refractivity contribution is 5.88.